The molecule has 8 nitrogen and oxygen atoms in total. The molecule has 0 unspecified atom stereocenters. The highest BCUT2D eigenvalue weighted by molar-refractivity contribution is 9.10. The van der Waals surface area contributed by atoms with E-state index >= 15 is 0 Å². The van der Waals surface area contributed by atoms with Gasteiger partial charge in [-0.3, -0.25) is 9.48 Å². The van der Waals surface area contributed by atoms with Crippen LogP contribution in [-0.2, 0) is 7.05 Å². The highest BCUT2D eigenvalue weighted by atomic mass is 79.9. The van der Waals surface area contributed by atoms with Gasteiger partial charge in [0.05, 0.1) is 21.9 Å². The van der Waals surface area contributed by atoms with Crippen molar-refractivity contribution in [2.24, 2.45) is 7.05 Å². The number of nitrogens with zero attached hydrogens (tertiary/aromatic N) is 4. The van der Waals surface area contributed by atoms with Crippen molar-refractivity contribution >= 4 is 33.3 Å². The maximum absolute atomic E-state index is 12.0. The van der Waals surface area contributed by atoms with Crippen LogP contribution >= 0.6 is 15.9 Å². The number of nitrogens with one attached hydrogen (secondary N) is 1. The van der Waals surface area contributed by atoms with Crippen molar-refractivity contribution < 1.29 is 9.72 Å². The lowest BCUT2D eigenvalue weighted by Crippen LogP contribution is -2.13. The third kappa shape index (κ3) is 2.94. The Kier molecular flexibility index (Phi) is 3.56. The van der Waals surface area contributed by atoms with Crippen molar-refractivity contribution in [2.75, 3.05) is 5.32 Å². The van der Waals surface area contributed by atoms with Crippen LogP contribution in [0.2, 0.25) is 0 Å². The van der Waals surface area contributed by atoms with Crippen LogP contribution in [0.4, 0.5) is 11.5 Å². The van der Waals surface area contributed by atoms with Crippen molar-refractivity contribution in [2.45, 2.75) is 0 Å². The summed E-state index contributed by atoms with van der Waals surface area (Å²) in [4.78, 5) is 25.6. The number of aromatic nitrogens is 3. The van der Waals surface area contributed by atoms with Gasteiger partial charge >= 0.3 is 5.82 Å². The van der Waals surface area contributed by atoms with Crippen molar-refractivity contribution in [3.63, 3.8) is 0 Å². The summed E-state index contributed by atoms with van der Waals surface area (Å²) < 4.78 is 1.90. The van der Waals surface area contributed by atoms with E-state index in [1.54, 1.807) is 13.2 Å². The molecule has 0 aliphatic rings. The van der Waals surface area contributed by atoms with E-state index in [0.29, 0.717) is 10.2 Å². The van der Waals surface area contributed by atoms with E-state index in [2.05, 4.69) is 31.3 Å². The molecule has 19 heavy (non-hydrogen) atoms. The monoisotopic (exact) mass is 325 g/mol. The predicted molar refractivity (Wildman–Crippen MR) is 69.8 cm³/mol. The molecule has 0 aliphatic heterocycles. The number of hydrogen-bond acceptors (Lipinski definition) is 5. The summed E-state index contributed by atoms with van der Waals surface area (Å²) in [6.07, 6.45) is 4.30. The molecule has 1 amide bonds. The van der Waals surface area contributed by atoms with Gasteiger partial charge in [0.15, 0.2) is 6.20 Å². The number of anilines is 1. The van der Waals surface area contributed by atoms with Gasteiger partial charge in [-0.2, -0.15) is 5.10 Å². The molecule has 2 heterocycles. The first-order chi connectivity index (χ1) is 8.97. The van der Waals surface area contributed by atoms with Crippen molar-refractivity contribution in [3.05, 3.63) is 44.8 Å². The molecule has 0 radical (unpaired) electrons. The lowest BCUT2D eigenvalue weighted by atomic mass is 10.2. The summed E-state index contributed by atoms with van der Waals surface area (Å²) in [6, 6.07) is 1.11. The summed E-state index contributed by atoms with van der Waals surface area (Å²) in [5, 5.41) is 17.1. The van der Waals surface area contributed by atoms with Crippen LogP contribution in [0.3, 0.4) is 0 Å². The first kappa shape index (κ1) is 13.1. The summed E-state index contributed by atoms with van der Waals surface area (Å²) in [5.74, 6) is -0.870. The third-order valence-electron chi connectivity index (χ3n) is 2.24. The second-order valence-electron chi connectivity index (χ2n) is 3.64. The van der Waals surface area contributed by atoms with E-state index in [1.807, 2.05) is 0 Å². The fraction of sp³-hybridized carbons (Fsp3) is 0.100. The summed E-state index contributed by atoms with van der Waals surface area (Å²) >= 11 is 3.13. The largest absolute Gasteiger partial charge is 0.364 e. The van der Waals surface area contributed by atoms with E-state index in [-0.39, 0.29) is 11.4 Å². The van der Waals surface area contributed by atoms with Gasteiger partial charge in [0.2, 0.25) is 0 Å². The van der Waals surface area contributed by atoms with Gasteiger partial charge in [-0.1, -0.05) is 0 Å². The van der Waals surface area contributed by atoms with Gasteiger partial charge in [-0.25, -0.2) is 0 Å². The lowest BCUT2D eigenvalue weighted by Gasteiger charge is -2.03. The zero-order valence-electron chi connectivity index (χ0n) is 9.70. The van der Waals surface area contributed by atoms with E-state index < -0.39 is 10.8 Å². The average molecular weight is 326 g/mol. The second-order valence-corrected chi connectivity index (χ2v) is 4.49. The Morgan fingerprint density at radius 2 is 2.26 bits per heavy atom. The quantitative estimate of drug-likeness (QED) is 0.683. The molecule has 1 N–H and O–H groups in total. The number of amides is 1. The van der Waals surface area contributed by atoms with E-state index in [1.165, 1.54) is 17.1 Å². The number of aryl methyl sites for hydroxylation is 1. The van der Waals surface area contributed by atoms with E-state index in [9.17, 15) is 14.9 Å². The van der Waals surface area contributed by atoms with Crippen LogP contribution in [0.1, 0.15) is 10.4 Å². The molecule has 2 aromatic rings. The average Bonchev–Trinajstić information content (AvgIpc) is 2.74. The number of carbonyl (C=O) groups is 1. The molecule has 2 aromatic heterocycles. The molecule has 2 rings (SSSR count). The molecule has 0 aliphatic carbocycles. The molecule has 0 saturated carbocycles. The van der Waals surface area contributed by atoms with Crippen LogP contribution in [0.25, 0.3) is 0 Å². The van der Waals surface area contributed by atoms with Crippen LogP contribution in [0, 0.1) is 10.1 Å². The Morgan fingerprint density at radius 1 is 1.53 bits per heavy atom. The Labute approximate surface area is 115 Å². The van der Waals surface area contributed by atoms with Crippen LogP contribution < -0.4 is 5.32 Å². The van der Waals surface area contributed by atoms with E-state index in [4.69, 9.17) is 0 Å². The molecule has 9 heteroatoms. The Hall–Kier alpha value is -2.29. The number of halogens is 1. The fourth-order valence-corrected chi connectivity index (χ4v) is 1.78. The normalized spacial score (nSPS) is 10.2. The summed E-state index contributed by atoms with van der Waals surface area (Å²) in [5.41, 5.74) is 0.629. The molecular formula is C10H8BrN5O3. The maximum atomic E-state index is 12.0. The highest BCUT2D eigenvalue weighted by Crippen LogP contribution is 2.21. The molecular weight excluding hydrogens is 318 g/mol. The first-order valence-electron chi connectivity index (χ1n) is 5.07. The summed E-state index contributed by atoms with van der Waals surface area (Å²) in [6.45, 7) is 0. The Bertz CT molecular complexity index is 654. The fourth-order valence-electron chi connectivity index (χ4n) is 1.39. The van der Waals surface area contributed by atoms with Crippen molar-refractivity contribution in [1.29, 1.82) is 0 Å². The molecule has 0 fully saturated rings. The van der Waals surface area contributed by atoms with Gasteiger partial charge in [0.25, 0.3) is 5.91 Å². The minimum Gasteiger partial charge on any atom is -0.358 e. The third-order valence-corrected chi connectivity index (χ3v) is 2.87. The molecule has 0 saturated heterocycles. The smallest absolute Gasteiger partial charge is 0.358 e. The standard InChI is InChI=1S/C10H8BrN5O3/c1-15-5-6(3-13-15)14-10(17)7-2-9(16(18)19)12-4-8(7)11/h2-5H,1H3,(H,14,17). The molecule has 0 aromatic carbocycles. The number of hydrogen-bond donors (Lipinski definition) is 1. The van der Waals surface area contributed by atoms with Crippen LogP contribution in [0.5, 0.6) is 0 Å². The molecule has 0 bridgehead atoms. The van der Waals surface area contributed by atoms with Gasteiger partial charge in [-0.05, 0) is 25.8 Å². The zero-order valence-corrected chi connectivity index (χ0v) is 11.3. The van der Waals surface area contributed by atoms with Gasteiger partial charge in [-0.15, -0.1) is 0 Å². The van der Waals surface area contributed by atoms with Crippen LogP contribution in [-0.4, -0.2) is 25.6 Å². The number of nitro groups is 1. The first-order valence-corrected chi connectivity index (χ1v) is 5.86. The highest BCUT2D eigenvalue weighted by Gasteiger charge is 2.17. The Morgan fingerprint density at radius 3 is 2.84 bits per heavy atom. The van der Waals surface area contributed by atoms with Crippen molar-refractivity contribution in [3.8, 4) is 0 Å². The van der Waals surface area contributed by atoms with E-state index in [0.717, 1.165) is 6.07 Å². The number of carbonyl (C=O) groups excluding carboxylic acids is 1. The maximum Gasteiger partial charge on any atom is 0.364 e. The topological polar surface area (TPSA) is 103 Å². The Balaban J connectivity index is 2.27. The van der Waals surface area contributed by atoms with Crippen LogP contribution in [0.15, 0.2) is 29.1 Å². The predicted octanol–water partition coefficient (Wildman–Crippen LogP) is 1.74. The van der Waals surface area contributed by atoms with Gasteiger partial charge < -0.3 is 15.4 Å². The lowest BCUT2D eigenvalue weighted by molar-refractivity contribution is -0.389. The molecule has 0 atom stereocenters. The van der Waals surface area contributed by atoms with Gasteiger partial charge in [0, 0.05) is 19.3 Å². The number of rotatable bonds is 3. The summed E-state index contributed by atoms with van der Waals surface area (Å²) in [7, 11) is 1.71. The molecule has 98 valence electrons. The minimum absolute atomic E-state index is 0.130. The second kappa shape index (κ2) is 5.14. The molecule has 0 spiro atoms. The minimum atomic E-state index is -0.659. The van der Waals surface area contributed by atoms with Gasteiger partial charge in [0.1, 0.15) is 0 Å². The zero-order chi connectivity index (χ0) is 14.0. The SMILES string of the molecule is Cn1cc(NC(=O)c2cc([N+](=O)[O-])ncc2Br)cn1. The number of pyridine rings is 1. The van der Waals surface area contributed by atoms with Crippen molar-refractivity contribution in [1.82, 2.24) is 14.8 Å².